The zero-order valence-corrected chi connectivity index (χ0v) is 13.9. The number of aromatic nitrogens is 2. The van der Waals surface area contributed by atoms with E-state index in [1.165, 1.54) is 6.07 Å². The van der Waals surface area contributed by atoms with Gasteiger partial charge in [-0.25, -0.2) is 8.78 Å². The fourth-order valence-corrected chi connectivity index (χ4v) is 2.83. The number of nitrogens with zero attached hydrogens (tertiary/aromatic N) is 2. The van der Waals surface area contributed by atoms with E-state index in [0.717, 1.165) is 28.5 Å². The largest absolute Gasteiger partial charge is 0.403 e. The van der Waals surface area contributed by atoms with Gasteiger partial charge in [0.25, 0.3) is 5.89 Å². The van der Waals surface area contributed by atoms with Crippen molar-refractivity contribution in [3.05, 3.63) is 77.9 Å². The minimum atomic E-state index is -0.827. The molecule has 4 rings (SSSR count). The highest BCUT2D eigenvalue weighted by Crippen LogP contribution is 2.24. The molecule has 0 spiro atoms. The summed E-state index contributed by atoms with van der Waals surface area (Å²) in [6, 6.07) is 16.3. The second-order valence-corrected chi connectivity index (χ2v) is 5.90. The molecule has 7 heteroatoms. The van der Waals surface area contributed by atoms with Crippen molar-refractivity contribution in [1.82, 2.24) is 10.2 Å². The van der Waals surface area contributed by atoms with Gasteiger partial charge >= 0.3 is 6.01 Å². The van der Waals surface area contributed by atoms with Gasteiger partial charge in [0.05, 0.1) is 12.0 Å². The van der Waals surface area contributed by atoms with Crippen LogP contribution < -0.4 is 5.32 Å². The zero-order chi connectivity index (χ0) is 18.8. The molecular formula is C20H13F2N3O2. The molecule has 1 heterocycles. The highest BCUT2D eigenvalue weighted by Gasteiger charge is 2.16. The molecule has 134 valence electrons. The molecule has 0 radical (unpaired) electrons. The second kappa shape index (κ2) is 6.95. The van der Waals surface area contributed by atoms with Crippen molar-refractivity contribution in [3.63, 3.8) is 0 Å². The van der Waals surface area contributed by atoms with Gasteiger partial charge in [0.2, 0.25) is 5.91 Å². The van der Waals surface area contributed by atoms with Crippen LogP contribution in [0.25, 0.3) is 22.2 Å². The average Bonchev–Trinajstić information content (AvgIpc) is 3.10. The second-order valence-electron chi connectivity index (χ2n) is 5.90. The van der Waals surface area contributed by atoms with E-state index in [-0.39, 0.29) is 29.8 Å². The van der Waals surface area contributed by atoms with Crippen molar-refractivity contribution >= 4 is 22.7 Å². The molecule has 1 aromatic heterocycles. The van der Waals surface area contributed by atoms with E-state index in [9.17, 15) is 13.6 Å². The molecule has 0 aliphatic heterocycles. The number of fused-ring (bicyclic) bond motifs is 1. The molecule has 3 aromatic carbocycles. The summed E-state index contributed by atoms with van der Waals surface area (Å²) in [5.74, 6) is -2.03. The van der Waals surface area contributed by atoms with E-state index in [1.54, 1.807) is 0 Å². The Morgan fingerprint density at radius 3 is 2.67 bits per heavy atom. The predicted octanol–water partition coefficient (Wildman–Crippen LogP) is 4.35. The summed E-state index contributed by atoms with van der Waals surface area (Å²) in [6.45, 7) is 0. The predicted molar refractivity (Wildman–Crippen MR) is 95.9 cm³/mol. The number of nitrogens with one attached hydrogen (secondary N) is 1. The number of carbonyl (C=O) groups excluding carboxylic acids is 1. The summed E-state index contributed by atoms with van der Waals surface area (Å²) in [5.41, 5.74) is 0.813. The first-order valence-corrected chi connectivity index (χ1v) is 8.15. The number of hydrogen-bond acceptors (Lipinski definition) is 4. The van der Waals surface area contributed by atoms with Gasteiger partial charge in [0.15, 0.2) is 0 Å². The summed E-state index contributed by atoms with van der Waals surface area (Å²) in [5, 5.41) is 11.9. The first-order valence-electron chi connectivity index (χ1n) is 8.15. The lowest BCUT2D eigenvalue weighted by Gasteiger charge is -2.05. The van der Waals surface area contributed by atoms with Crippen LogP contribution in [0.5, 0.6) is 0 Å². The number of halogens is 2. The molecule has 5 nitrogen and oxygen atoms in total. The Kier molecular flexibility index (Phi) is 4.33. The van der Waals surface area contributed by atoms with Crippen molar-refractivity contribution < 1.29 is 18.0 Å². The minimum Gasteiger partial charge on any atom is -0.403 e. The van der Waals surface area contributed by atoms with Gasteiger partial charge in [-0.1, -0.05) is 47.6 Å². The van der Waals surface area contributed by atoms with Crippen LogP contribution >= 0.6 is 0 Å². The monoisotopic (exact) mass is 365 g/mol. The molecule has 1 N–H and O–H groups in total. The topological polar surface area (TPSA) is 68.0 Å². The molecular weight excluding hydrogens is 352 g/mol. The van der Waals surface area contributed by atoms with Gasteiger partial charge in [0, 0.05) is 6.07 Å². The number of hydrogen-bond donors (Lipinski definition) is 1. The fraction of sp³-hybridized carbons (Fsp3) is 0.0500. The molecule has 1 amide bonds. The minimum absolute atomic E-state index is 0.0431. The van der Waals surface area contributed by atoms with Gasteiger partial charge in [-0.2, -0.15) is 0 Å². The first kappa shape index (κ1) is 16.8. The molecule has 0 saturated heterocycles. The highest BCUT2D eigenvalue weighted by molar-refractivity contribution is 5.95. The van der Waals surface area contributed by atoms with E-state index in [0.29, 0.717) is 0 Å². The maximum Gasteiger partial charge on any atom is 0.322 e. The molecule has 0 aliphatic carbocycles. The lowest BCUT2D eigenvalue weighted by Crippen LogP contribution is -2.14. The number of carbonyl (C=O) groups is 1. The van der Waals surface area contributed by atoms with Crippen LogP contribution in [0.4, 0.5) is 14.8 Å². The van der Waals surface area contributed by atoms with E-state index >= 15 is 0 Å². The van der Waals surface area contributed by atoms with Crippen LogP contribution in [0.1, 0.15) is 5.56 Å². The van der Waals surface area contributed by atoms with Crippen LogP contribution in [0, 0.1) is 11.6 Å². The molecule has 0 unspecified atom stereocenters. The Morgan fingerprint density at radius 1 is 1.00 bits per heavy atom. The van der Waals surface area contributed by atoms with Crippen LogP contribution in [0.2, 0.25) is 0 Å². The van der Waals surface area contributed by atoms with Crippen LogP contribution in [-0.4, -0.2) is 16.1 Å². The standard InChI is InChI=1S/C20H13F2N3O2/c21-14-8-9-16(17(22)11-14)19-24-25-20(27-19)23-18(26)10-13-6-3-5-12-4-1-2-7-15(12)13/h1-9,11H,10H2,(H,23,25,26). The fourth-order valence-electron chi connectivity index (χ4n) is 2.83. The van der Waals surface area contributed by atoms with Crippen LogP contribution in [-0.2, 0) is 11.2 Å². The van der Waals surface area contributed by atoms with Crippen molar-refractivity contribution in [3.8, 4) is 11.5 Å². The summed E-state index contributed by atoms with van der Waals surface area (Å²) in [4.78, 5) is 12.3. The smallest absolute Gasteiger partial charge is 0.322 e. The van der Waals surface area contributed by atoms with Gasteiger partial charge in [-0.3, -0.25) is 10.1 Å². The summed E-state index contributed by atoms with van der Waals surface area (Å²) >= 11 is 0. The molecule has 0 atom stereocenters. The maximum absolute atomic E-state index is 13.8. The Hall–Kier alpha value is -3.61. The number of amides is 1. The Balaban J connectivity index is 1.51. The Bertz CT molecular complexity index is 1140. The number of rotatable bonds is 4. The normalized spacial score (nSPS) is 10.9. The number of benzene rings is 3. The van der Waals surface area contributed by atoms with Crippen molar-refractivity contribution in [2.24, 2.45) is 0 Å². The van der Waals surface area contributed by atoms with Gasteiger partial charge < -0.3 is 4.42 Å². The lowest BCUT2D eigenvalue weighted by atomic mass is 10.0. The van der Waals surface area contributed by atoms with Gasteiger partial charge in [0.1, 0.15) is 11.6 Å². The van der Waals surface area contributed by atoms with Gasteiger partial charge in [-0.05, 0) is 28.5 Å². The maximum atomic E-state index is 13.8. The van der Waals surface area contributed by atoms with Crippen molar-refractivity contribution in [2.45, 2.75) is 6.42 Å². The lowest BCUT2D eigenvalue weighted by molar-refractivity contribution is -0.115. The zero-order valence-electron chi connectivity index (χ0n) is 13.9. The molecule has 27 heavy (non-hydrogen) atoms. The average molecular weight is 365 g/mol. The Morgan fingerprint density at radius 2 is 1.81 bits per heavy atom. The highest BCUT2D eigenvalue weighted by atomic mass is 19.1. The van der Waals surface area contributed by atoms with E-state index in [1.807, 2.05) is 42.5 Å². The van der Waals surface area contributed by atoms with E-state index < -0.39 is 11.6 Å². The van der Waals surface area contributed by atoms with Crippen molar-refractivity contribution in [2.75, 3.05) is 5.32 Å². The van der Waals surface area contributed by atoms with E-state index in [4.69, 9.17) is 4.42 Å². The summed E-state index contributed by atoms with van der Waals surface area (Å²) in [7, 11) is 0. The first-order chi connectivity index (χ1) is 13.1. The molecule has 4 aromatic rings. The quantitative estimate of drug-likeness (QED) is 0.584. The molecule has 0 fully saturated rings. The third-order valence-electron chi connectivity index (χ3n) is 4.06. The number of anilines is 1. The van der Waals surface area contributed by atoms with E-state index in [2.05, 4.69) is 15.5 Å². The summed E-state index contributed by atoms with van der Waals surface area (Å²) in [6.07, 6.45) is 0.115. The SMILES string of the molecule is O=C(Cc1cccc2ccccc12)Nc1nnc(-c2ccc(F)cc2F)o1. The van der Waals surface area contributed by atoms with Crippen molar-refractivity contribution in [1.29, 1.82) is 0 Å². The van der Waals surface area contributed by atoms with Crippen LogP contribution in [0.15, 0.2) is 65.1 Å². The molecule has 0 saturated carbocycles. The third-order valence-corrected chi connectivity index (χ3v) is 4.06. The molecule has 0 aliphatic rings. The Labute approximate surface area is 152 Å². The van der Waals surface area contributed by atoms with Gasteiger partial charge in [-0.15, -0.1) is 5.10 Å². The van der Waals surface area contributed by atoms with Crippen LogP contribution in [0.3, 0.4) is 0 Å². The molecule has 0 bridgehead atoms. The third kappa shape index (κ3) is 3.52. The summed E-state index contributed by atoms with van der Waals surface area (Å²) < 4.78 is 32.1.